The molecule has 0 radical (unpaired) electrons. The van der Waals surface area contributed by atoms with Gasteiger partial charge < -0.3 is 41.0 Å². The largest absolute Gasteiger partial charge is 0.382 e. The van der Waals surface area contributed by atoms with E-state index < -0.39 is 11.7 Å². The van der Waals surface area contributed by atoms with Gasteiger partial charge in [-0.25, -0.2) is 9.97 Å². The summed E-state index contributed by atoms with van der Waals surface area (Å²) in [7, 11) is 2.09. The lowest BCUT2D eigenvalue weighted by Gasteiger charge is -2.36. The second-order valence-corrected chi connectivity index (χ2v) is 12.0. The first-order chi connectivity index (χ1) is 20.2. The van der Waals surface area contributed by atoms with Gasteiger partial charge in [0.05, 0.1) is 19.8 Å². The van der Waals surface area contributed by atoms with Crippen molar-refractivity contribution in [1.29, 1.82) is 0 Å². The van der Waals surface area contributed by atoms with E-state index in [0.29, 0.717) is 13.2 Å². The zero-order valence-corrected chi connectivity index (χ0v) is 26.9. The lowest BCUT2D eigenvalue weighted by molar-refractivity contribution is -0.157. The first-order valence-electron chi connectivity index (χ1n) is 14.7. The van der Waals surface area contributed by atoms with Gasteiger partial charge in [0.1, 0.15) is 6.23 Å². The highest BCUT2D eigenvalue weighted by Crippen LogP contribution is 2.23. The predicted octanol–water partition coefficient (Wildman–Crippen LogP) is 0.547. The standard InChI is InChI=1S/C22H39ClN10O3.C5H10O2/c1-22(2)35-14-15(36-22)31(3)8-9-33-12-10-32(11-13-33)7-5-4-6-27-21(26)30-20(34)16-18(24)29-19(25)17(23)28-16;1-5(2)6-3-4-7-5/h15H,4-14H2,1-3H3,(H4,24,25,29)(H3,26,27,30,34);3-4H2,1-2H3. The molecule has 15 nitrogen and oxygen atoms in total. The maximum atomic E-state index is 12.3. The van der Waals surface area contributed by atoms with Crippen molar-refractivity contribution in [2.24, 2.45) is 10.7 Å². The number of aromatic nitrogens is 2. The van der Waals surface area contributed by atoms with E-state index in [1.165, 1.54) is 0 Å². The average molecular weight is 629 g/mol. The second-order valence-electron chi connectivity index (χ2n) is 11.6. The molecule has 0 aromatic carbocycles. The molecule has 1 aromatic heterocycles. The van der Waals surface area contributed by atoms with Crippen molar-refractivity contribution in [2.75, 3.05) is 90.7 Å². The van der Waals surface area contributed by atoms with Gasteiger partial charge in [0.2, 0.25) is 0 Å². The molecule has 0 aliphatic carbocycles. The van der Waals surface area contributed by atoms with E-state index in [1.807, 2.05) is 27.7 Å². The molecule has 1 unspecified atom stereocenters. The summed E-state index contributed by atoms with van der Waals surface area (Å²) in [5.74, 6) is -1.62. The van der Waals surface area contributed by atoms with E-state index in [9.17, 15) is 4.79 Å². The molecule has 1 aromatic rings. The molecule has 3 aliphatic heterocycles. The Balaban J connectivity index is 0.000000633. The van der Waals surface area contributed by atoms with Crippen LogP contribution in [-0.2, 0) is 18.9 Å². The highest BCUT2D eigenvalue weighted by molar-refractivity contribution is 6.31. The molecule has 3 aliphatic rings. The molecule has 16 heteroatoms. The quantitative estimate of drug-likeness (QED) is 0.160. The fraction of sp³-hybridized carbons (Fsp3) is 0.778. The molecule has 4 rings (SSSR count). The Morgan fingerprint density at radius 3 is 2.19 bits per heavy atom. The van der Waals surface area contributed by atoms with Crippen molar-refractivity contribution in [1.82, 2.24) is 30.0 Å². The third-order valence-corrected chi connectivity index (χ3v) is 7.51. The minimum Gasteiger partial charge on any atom is -0.382 e. The van der Waals surface area contributed by atoms with Crippen LogP contribution in [0.1, 0.15) is 51.0 Å². The molecule has 43 heavy (non-hydrogen) atoms. The normalized spacial score (nSPS) is 22.4. The Kier molecular flexibility index (Phi) is 13.1. The van der Waals surface area contributed by atoms with Crippen molar-refractivity contribution >= 4 is 35.1 Å². The van der Waals surface area contributed by atoms with Crippen LogP contribution in [0.4, 0.5) is 11.6 Å². The number of piperazine rings is 1. The Morgan fingerprint density at radius 2 is 1.63 bits per heavy atom. The number of nitrogen functional groups attached to an aromatic ring is 2. The second kappa shape index (κ2) is 16.1. The van der Waals surface area contributed by atoms with E-state index in [4.69, 9.17) is 47.7 Å². The van der Waals surface area contributed by atoms with Crippen LogP contribution in [0.5, 0.6) is 0 Å². The zero-order valence-electron chi connectivity index (χ0n) is 26.1. The monoisotopic (exact) mass is 628 g/mol. The number of guanidine groups is 1. The average Bonchev–Trinajstić information content (AvgIpc) is 3.53. The number of rotatable bonds is 10. The number of amides is 1. The van der Waals surface area contributed by atoms with Gasteiger partial charge in [-0.05, 0) is 54.1 Å². The summed E-state index contributed by atoms with van der Waals surface area (Å²) in [6.07, 6.45) is 1.87. The number of nitrogens with two attached hydrogens (primary N) is 3. The number of nitrogens with zero attached hydrogens (tertiary/aromatic N) is 6. The molecular formula is C27H49ClN10O5. The number of hydrogen-bond acceptors (Lipinski definition) is 13. The van der Waals surface area contributed by atoms with Gasteiger partial charge in [0.15, 0.2) is 40.0 Å². The van der Waals surface area contributed by atoms with Crippen molar-refractivity contribution < 1.29 is 23.7 Å². The van der Waals surface area contributed by atoms with Crippen LogP contribution < -0.4 is 22.5 Å². The Labute approximate surface area is 259 Å². The maximum Gasteiger partial charge on any atom is 0.280 e. The summed E-state index contributed by atoms with van der Waals surface area (Å²) in [4.78, 5) is 31.3. The molecule has 4 heterocycles. The van der Waals surface area contributed by atoms with Gasteiger partial charge >= 0.3 is 0 Å². The number of aliphatic imine (C=N–C) groups is 1. The molecular weight excluding hydrogens is 580 g/mol. The Hall–Kier alpha value is -2.37. The van der Waals surface area contributed by atoms with Crippen molar-refractivity contribution in [3.05, 3.63) is 10.8 Å². The lowest BCUT2D eigenvalue weighted by Crippen LogP contribution is -2.49. The Morgan fingerprint density at radius 1 is 1.00 bits per heavy atom. The smallest absolute Gasteiger partial charge is 0.280 e. The fourth-order valence-electron chi connectivity index (χ4n) is 4.65. The van der Waals surface area contributed by atoms with Crippen LogP contribution in [0, 0.1) is 0 Å². The SMILES string of the molecule is CC1(C)OCCO1.CN(CCN1CCN(CCCCN=C(N)NC(=O)c2nc(Cl)c(N)nc2N)CC1)C1COC(C)(C)O1. The number of hydrogen-bond donors (Lipinski definition) is 4. The summed E-state index contributed by atoms with van der Waals surface area (Å²) in [6.45, 7) is 17.5. The van der Waals surface area contributed by atoms with E-state index in [2.05, 4.69) is 42.0 Å². The highest BCUT2D eigenvalue weighted by Gasteiger charge is 2.35. The maximum absolute atomic E-state index is 12.3. The van der Waals surface area contributed by atoms with Crippen molar-refractivity contribution in [2.45, 2.75) is 58.3 Å². The van der Waals surface area contributed by atoms with E-state index in [-0.39, 0.29) is 40.5 Å². The number of unbranched alkanes of at least 4 members (excludes halogenated alkanes) is 1. The lowest BCUT2D eigenvalue weighted by atomic mass is 10.2. The first kappa shape index (κ1) is 35.1. The molecule has 0 spiro atoms. The summed E-state index contributed by atoms with van der Waals surface area (Å²) in [6, 6.07) is 0. The van der Waals surface area contributed by atoms with Crippen LogP contribution >= 0.6 is 11.6 Å². The van der Waals surface area contributed by atoms with Crippen LogP contribution in [0.25, 0.3) is 0 Å². The summed E-state index contributed by atoms with van der Waals surface area (Å²) in [5, 5.41) is 2.34. The van der Waals surface area contributed by atoms with Gasteiger partial charge in [-0.15, -0.1) is 0 Å². The third-order valence-electron chi connectivity index (χ3n) is 7.23. The Bertz CT molecular complexity index is 1080. The van der Waals surface area contributed by atoms with Gasteiger partial charge in [-0.1, -0.05) is 11.6 Å². The van der Waals surface area contributed by atoms with E-state index >= 15 is 0 Å². The molecule has 0 bridgehead atoms. The van der Waals surface area contributed by atoms with Gasteiger partial charge in [0.25, 0.3) is 5.91 Å². The van der Waals surface area contributed by atoms with E-state index in [1.54, 1.807) is 0 Å². The van der Waals surface area contributed by atoms with Crippen LogP contribution in [0.15, 0.2) is 4.99 Å². The number of anilines is 2. The highest BCUT2D eigenvalue weighted by atomic mass is 35.5. The first-order valence-corrected chi connectivity index (χ1v) is 15.1. The van der Waals surface area contributed by atoms with Crippen molar-refractivity contribution in [3.8, 4) is 0 Å². The van der Waals surface area contributed by atoms with Crippen LogP contribution in [-0.4, -0.2) is 134 Å². The number of ether oxygens (including phenoxy) is 4. The number of nitrogens with one attached hydrogen (secondary N) is 1. The molecule has 1 amide bonds. The van der Waals surface area contributed by atoms with Gasteiger partial charge in [0, 0.05) is 45.8 Å². The molecule has 3 fully saturated rings. The molecule has 7 N–H and O–H groups in total. The zero-order chi connectivity index (χ0) is 31.6. The van der Waals surface area contributed by atoms with Crippen molar-refractivity contribution in [3.63, 3.8) is 0 Å². The number of carbonyl (C=O) groups excluding carboxylic acids is 1. The summed E-state index contributed by atoms with van der Waals surface area (Å²) >= 11 is 5.80. The number of halogens is 1. The third kappa shape index (κ3) is 11.9. The molecule has 244 valence electrons. The van der Waals surface area contributed by atoms with Crippen LogP contribution in [0.2, 0.25) is 5.15 Å². The number of carbonyl (C=O) groups is 1. The van der Waals surface area contributed by atoms with Crippen LogP contribution in [0.3, 0.4) is 0 Å². The predicted molar refractivity (Wildman–Crippen MR) is 165 cm³/mol. The van der Waals surface area contributed by atoms with Gasteiger partial charge in [-0.3, -0.25) is 24.9 Å². The minimum absolute atomic E-state index is 0.00846. The summed E-state index contributed by atoms with van der Waals surface area (Å²) in [5.41, 5.74) is 16.9. The molecule has 0 saturated carbocycles. The molecule has 1 atom stereocenters. The van der Waals surface area contributed by atoms with E-state index in [0.717, 1.165) is 71.9 Å². The van der Waals surface area contributed by atoms with Gasteiger partial charge in [-0.2, -0.15) is 0 Å². The molecule has 3 saturated heterocycles. The summed E-state index contributed by atoms with van der Waals surface area (Å²) < 4.78 is 21.8. The topological polar surface area (TPSA) is 192 Å². The minimum atomic E-state index is -0.639. The fourth-order valence-corrected chi connectivity index (χ4v) is 4.78. The number of likely N-dealkylation sites (N-methyl/N-ethyl adjacent to an activating group) is 1.